The molecule has 4 nitrogen and oxygen atoms in total. The smallest absolute Gasteiger partial charge is 0.387 e. The van der Waals surface area contributed by atoms with Crippen molar-refractivity contribution >= 4 is 0 Å². The van der Waals surface area contributed by atoms with E-state index in [4.69, 9.17) is 4.74 Å². The maximum atomic E-state index is 13.8. The third-order valence-electron chi connectivity index (χ3n) is 4.60. The summed E-state index contributed by atoms with van der Waals surface area (Å²) < 4.78 is 48.2. The molecule has 0 spiro atoms. The molecule has 0 radical (unpaired) electrons. The molecule has 0 bridgehead atoms. The van der Waals surface area contributed by atoms with E-state index in [9.17, 15) is 13.2 Å². The fourth-order valence-electron chi connectivity index (χ4n) is 3.30. The standard InChI is InChI=1S/C21H25F3N2O2/c22-19-11-17(7-8-20(19)28-21(23)24)12-25-13-18-15-26(9-4-10-27-18)14-16-5-2-1-3-6-16/h1-3,5-8,11,18,21,25H,4,9-10,12-15H2/t18-/m0/s1. The summed E-state index contributed by atoms with van der Waals surface area (Å²) >= 11 is 0. The van der Waals surface area contributed by atoms with Gasteiger partial charge in [-0.2, -0.15) is 8.78 Å². The van der Waals surface area contributed by atoms with Crippen molar-refractivity contribution in [3.63, 3.8) is 0 Å². The lowest BCUT2D eigenvalue weighted by molar-refractivity contribution is -0.0522. The highest BCUT2D eigenvalue weighted by Crippen LogP contribution is 2.20. The summed E-state index contributed by atoms with van der Waals surface area (Å²) in [6, 6.07) is 14.3. The largest absolute Gasteiger partial charge is 0.432 e. The normalized spacial score (nSPS) is 18.2. The second-order valence-corrected chi connectivity index (χ2v) is 6.84. The first-order valence-electron chi connectivity index (χ1n) is 9.42. The average molecular weight is 394 g/mol. The van der Waals surface area contributed by atoms with Crippen LogP contribution in [0.5, 0.6) is 5.75 Å². The van der Waals surface area contributed by atoms with Crippen molar-refractivity contribution in [2.24, 2.45) is 0 Å². The van der Waals surface area contributed by atoms with Gasteiger partial charge in [-0.25, -0.2) is 4.39 Å². The average Bonchev–Trinajstić information content (AvgIpc) is 2.89. The predicted molar refractivity (Wildman–Crippen MR) is 101 cm³/mol. The van der Waals surface area contributed by atoms with Crippen molar-refractivity contribution in [2.75, 3.05) is 26.2 Å². The minimum atomic E-state index is -3.04. The lowest BCUT2D eigenvalue weighted by Gasteiger charge is -2.24. The van der Waals surface area contributed by atoms with Gasteiger partial charge in [-0.3, -0.25) is 4.90 Å². The molecule has 2 aromatic rings. The van der Waals surface area contributed by atoms with E-state index in [-0.39, 0.29) is 6.10 Å². The summed E-state index contributed by atoms with van der Waals surface area (Å²) in [5, 5.41) is 3.26. The molecule has 1 saturated heterocycles. The second kappa shape index (κ2) is 10.5. The van der Waals surface area contributed by atoms with Gasteiger partial charge in [-0.05, 0) is 29.7 Å². The Balaban J connectivity index is 1.47. The SMILES string of the molecule is Fc1cc(CNC[C@H]2CN(Cc3ccccc3)CCCO2)ccc1OC(F)F. The molecule has 2 aromatic carbocycles. The Hall–Kier alpha value is -2.09. The third-order valence-corrected chi connectivity index (χ3v) is 4.60. The van der Waals surface area contributed by atoms with E-state index >= 15 is 0 Å². The maximum absolute atomic E-state index is 13.8. The van der Waals surface area contributed by atoms with Gasteiger partial charge in [-0.15, -0.1) is 0 Å². The van der Waals surface area contributed by atoms with Crippen LogP contribution in [0.4, 0.5) is 13.2 Å². The Morgan fingerprint density at radius 2 is 1.96 bits per heavy atom. The van der Waals surface area contributed by atoms with E-state index in [1.807, 2.05) is 18.2 Å². The quantitative estimate of drug-likeness (QED) is 0.738. The van der Waals surface area contributed by atoms with Gasteiger partial charge in [0.05, 0.1) is 6.10 Å². The van der Waals surface area contributed by atoms with Crippen molar-refractivity contribution in [2.45, 2.75) is 32.2 Å². The monoisotopic (exact) mass is 394 g/mol. The van der Waals surface area contributed by atoms with Crippen LogP contribution in [0, 0.1) is 5.82 Å². The van der Waals surface area contributed by atoms with Crippen LogP contribution in [0.15, 0.2) is 48.5 Å². The van der Waals surface area contributed by atoms with Crippen LogP contribution < -0.4 is 10.1 Å². The molecule has 1 atom stereocenters. The fraction of sp³-hybridized carbons (Fsp3) is 0.429. The molecule has 1 aliphatic heterocycles. The van der Waals surface area contributed by atoms with Gasteiger partial charge in [-0.1, -0.05) is 36.4 Å². The van der Waals surface area contributed by atoms with E-state index in [0.717, 1.165) is 26.1 Å². The molecule has 152 valence electrons. The summed E-state index contributed by atoms with van der Waals surface area (Å²) in [6.07, 6.45) is 1.03. The van der Waals surface area contributed by atoms with Gasteiger partial charge in [0.1, 0.15) is 0 Å². The number of nitrogens with zero attached hydrogens (tertiary/aromatic N) is 1. The molecule has 7 heteroatoms. The highest BCUT2D eigenvalue weighted by molar-refractivity contribution is 5.29. The summed E-state index contributed by atoms with van der Waals surface area (Å²) in [6.45, 7) is 1.42. The number of alkyl halides is 2. The van der Waals surface area contributed by atoms with Crippen LogP contribution in [-0.2, 0) is 17.8 Å². The van der Waals surface area contributed by atoms with Crippen LogP contribution in [-0.4, -0.2) is 43.9 Å². The first-order chi connectivity index (χ1) is 13.6. The van der Waals surface area contributed by atoms with Gasteiger partial charge < -0.3 is 14.8 Å². The van der Waals surface area contributed by atoms with Gasteiger partial charge >= 0.3 is 6.61 Å². The molecule has 0 aliphatic carbocycles. The van der Waals surface area contributed by atoms with Crippen LogP contribution in [0.25, 0.3) is 0 Å². The zero-order valence-corrected chi connectivity index (χ0v) is 15.6. The molecule has 1 heterocycles. The predicted octanol–water partition coefficient (Wildman–Crippen LogP) is 3.81. The Morgan fingerprint density at radius 1 is 1.14 bits per heavy atom. The zero-order valence-electron chi connectivity index (χ0n) is 15.6. The lowest BCUT2D eigenvalue weighted by atomic mass is 10.2. The van der Waals surface area contributed by atoms with Crippen LogP contribution >= 0.6 is 0 Å². The molecule has 28 heavy (non-hydrogen) atoms. The topological polar surface area (TPSA) is 33.7 Å². The van der Waals surface area contributed by atoms with Crippen molar-refractivity contribution in [3.05, 3.63) is 65.5 Å². The number of benzene rings is 2. The molecule has 3 rings (SSSR count). The summed E-state index contributed by atoms with van der Waals surface area (Å²) in [4.78, 5) is 2.38. The number of nitrogens with one attached hydrogen (secondary N) is 1. The lowest BCUT2D eigenvalue weighted by Crippen LogP contribution is -2.37. The van der Waals surface area contributed by atoms with Crippen LogP contribution in [0.1, 0.15) is 17.5 Å². The summed E-state index contributed by atoms with van der Waals surface area (Å²) in [7, 11) is 0. The number of halogens is 3. The molecular formula is C21H25F3N2O2. The van der Waals surface area contributed by atoms with Crippen molar-refractivity contribution in [3.8, 4) is 5.75 Å². The van der Waals surface area contributed by atoms with Crippen LogP contribution in [0.3, 0.4) is 0 Å². The number of hydrogen-bond donors (Lipinski definition) is 1. The minimum Gasteiger partial charge on any atom is -0.432 e. The van der Waals surface area contributed by atoms with Gasteiger partial charge in [0.2, 0.25) is 0 Å². The first kappa shape index (κ1) is 20.6. The molecule has 0 aromatic heterocycles. The summed E-state index contributed by atoms with van der Waals surface area (Å²) in [5.41, 5.74) is 1.94. The van der Waals surface area contributed by atoms with Gasteiger partial charge in [0, 0.05) is 39.3 Å². The number of ether oxygens (including phenoxy) is 2. The Morgan fingerprint density at radius 3 is 2.71 bits per heavy atom. The van der Waals surface area contributed by atoms with Crippen molar-refractivity contribution in [1.82, 2.24) is 10.2 Å². The van der Waals surface area contributed by atoms with E-state index in [0.29, 0.717) is 25.3 Å². The van der Waals surface area contributed by atoms with Gasteiger partial charge in [0.25, 0.3) is 0 Å². The minimum absolute atomic E-state index is 0.0394. The third kappa shape index (κ3) is 6.51. The van der Waals surface area contributed by atoms with E-state index < -0.39 is 18.2 Å². The van der Waals surface area contributed by atoms with Crippen LogP contribution in [0.2, 0.25) is 0 Å². The zero-order chi connectivity index (χ0) is 19.8. The Bertz CT molecular complexity index is 731. The highest BCUT2D eigenvalue weighted by atomic mass is 19.3. The molecule has 1 aliphatic rings. The Kier molecular flexibility index (Phi) is 7.71. The maximum Gasteiger partial charge on any atom is 0.387 e. The molecular weight excluding hydrogens is 369 g/mol. The molecule has 1 fully saturated rings. The fourth-order valence-corrected chi connectivity index (χ4v) is 3.30. The van der Waals surface area contributed by atoms with Crippen molar-refractivity contribution in [1.29, 1.82) is 0 Å². The summed E-state index contributed by atoms with van der Waals surface area (Å²) in [5.74, 6) is -1.23. The van der Waals surface area contributed by atoms with Gasteiger partial charge in [0.15, 0.2) is 11.6 Å². The molecule has 0 amide bonds. The molecule has 0 saturated carbocycles. The Labute approximate surface area is 163 Å². The first-order valence-corrected chi connectivity index (χ1v) is 9.42. The number of rotatable bonds is 8. The molecule has 0 unspecified atom stereocenters. The number of hydrogen-bond acceptors (Lipinski definition) is 4. The van der Waals surface area contributed by atoms with E-state index in [2.05, 4.69) is 27.1 Å². The van der Waals surface area contributed by atoms with E-state index in [1.165, 1.54) is 17.7 Å². The van der Waals surface area contributed by atoms with Crippen molar-refractivity contribution < 1.29 is 22.6 Å². The highest BCUT2D eigenvalue weighted by Gasteiger charge is 2.18. The van der Waals surface area contributed by atoms with E-state index in [1.54, 1.807) is 6.07 Å². The molecule has 1 N–H and O–H groups in total. The second-order valence-electron chi connectivity index (χ2n) is 6.84.